The molecule has 0 heterocycles. The average molecular weight is 407 g/mol. The van der Waals surface area contributed by atoms with Crippen LogP contribution >= 0.6 is 0 Å². The van der Waals surface area contributed by atoms with Crippen LogP contribution in [0.5, 0.6) is 5.75 Å². The molecule has 0 N–H and O–H groups in total. The molecule has 2 unspecified atom stereocenters. The summed E-state index contributed by atoms with van der Waals surface area (Å²) in [4.78, 5) is 0. The largest absolute Gasteiger partial charge is 0.489 e. The Morgan fingerprint density at radius 2 is 1.77 bits per heavy atom. The maximum atomic E-state index is 14.7. The fraction of sp³-hybridized carbons (Fsp3) is 0.357. The molecule has 0 aliphatic rings. The van der Waals surface area contributed by atoms with Crippen LogP contribution in [0.25, 0.3) is 5.57 Å². The molecule has 0 aliphatic carbocycles. The Labute approximate surface area is 182 Å². The monoisotopic (exact) mass is 406 g/mol. The molecule has 30 heavy (non-hydrogen) atoms. The number of aryl methyl sites for hydroxylation is 1. The van der Waals surface area contributed by atoms with E-state index in [2.05, 4.69) is 27.4 Å². The van der Waals surface area contributed by atoms with Gasteiger partial charge in [-0.15, -0.1) is 0 Å². The minimum Gasteiger partial charge on any atom is -0.489 e. The van der Waals surface area contributed by atoms with Crippen LogP contribution in [0.3, 0.4) is 0 Å². The van der Waals surface area contributed by atoms with Crippen LogP contribution in [0, 0.1) is 18.8 Å². The summed E-state index contributed by atoms with van der Waals surface area (Å²) in [6.07, 6.45) is 5.21. The van der Waals surface area contributed by atoms with E-state index in [-0.39, 0.29) is 17.7 Å². The molecule has 2 aromatic carbocycles. The van der Waals surface area contributed by atoms with Gasteiger partial charge in [-0.1, -0.05) is 70.7 Å². The number of allylic oxidation sites excluding steroid dienone is 5. The van der Waals surface area contributed by atoms with E-state index in [0.29, 0.717) is 6.61 Å². The molecule has 0 aromatic heterocycles. The van der Waals surface area contributed by atoms with Crippen LogP contribution in [0.4, 0.5) is 4.39 Å². The Kier molecular flexibility index (Phi) is 9.11. The molecule has 2 rings (SSSR count). The molecule has 0 radical (unpaired) electrons. The molecule has 0 bridgehead atoms. The van der Waals surface area contributed by atoms with E-state index in [9.17, 15) is 4.39 Å². The zero-order valence-corrected chi connectivity index (χ0v) is 19.0. The van der Waals surface area contributed by atoms with Gasteiger partial charge in [0.2, 0.25) is 0 Å². The van der Waals surface area contributed by atoms with Crippen molar-refractivity contribution in [2.75, 3.05) is 0 Å². The van der Waals surface area contributed by atoms with Gasteiger partial charge in [0.15, 0.2) is 0 Å². The minimum atomic E-state index is -0.201. The Morgan fingerprint density at radius 3 is 2.37 bits per heavy atom. The van der Waals surface area contributed by atoms with Crippen molar-refractivity contribution in [3.63, 3.8) is 0 Å². The van der Waals surface area contributed by atoms with E-state index < -0.39 is 0 Å². The van der Waals surface area contributed by atoms with Crippen LogP contribution in [0.2, 0.25) is 0 Å². The summed E-state index contributed by atoms with van der Waals surface area (Å²) in [5, 5.41) is 0. The van der Waals surface area contributed by atoms with Crippen LogP contribution in [0.1, 0.15) is 57.2 Å². The summed E-state index contributed by atoms with van der Waals surface area (Å²) in [6, 6.07) is 16.1. The van der Waals surface area contributed by atoms with Crippen LogP contribution in [-0.4, -0.2) is 0 Å². The van der Waals surface area contributed by atoms with E-state index in [4.69, 9.17) is 4.74 Å². The lowest BCUT2D eigenvalue weighted by Gasteiger charge is -2.19. The molecular weight excluding hydrogens is 371 g/mol. The van der Waals surface area contributed by atoms with Gasteiger partial charge in [0.25, 0.3) is 0 Å². The standard InChI is InChI=1S/C28H35FO/c1-7-20(3)16-25(29)18-28(23(6)21(4)8-2)27-15-14-26(17-22(27)5)30-19-24-12-10-9-11-13-24/h9-18,20-21H,6-8,19H2,1-5H3/b25-16+,28-18+. The first-order valence-corrected chi connectivity index (χ1v) is 10.9. The fourth-order valence-corrected chi connectivity index (χ4v) is 3.20. The summed E-state index contributed by atoms with van der Waals surface area (Å²) in [5.41, 5.74) is 5.01. The first-order valence-electron chi connectivity index (χ1n) is 10.9. The topological polar surface area (TPSA) is 9.23 Å². The summed E-state index contributed by atoms with van der Waals surface area (Å²) in [7, 11) is 0. The van der Waals surface area contributed by atoms with Gasteiger partial charge in [0, 0.05) is 0 Å². The van der Waals surface area contributed by atoms with Gasteiger partial charge in [-0.3, -0.25) is 0 Å². The second-order valence-corrected chi connectivity index (χ2v) is 8.08. The Morgan fingerprint density at radius 1 is 1.07 bits per heavy atom. The van der Waals surface area contributed by atoms with Crippen LogP contribution in [-0.2, 0) is 6.61 Å². The first kappa shape index (κ1) is 23.7. The van der Waals surface area contributed by atoms with Crippen molar-refractivity contribution >= 4 is 5.57 Å². The number of hydrogen-bond acceptors (Lipinski definition) is 1. The highest BCUT2D eigenvalue weighted by atomic mass is 19.1. The van der Waals surface area contributed by atoms with Crippen molar-refractivity contribution in [3.8, 4) is 5.75 Å². The van der Waals surface area contributed by atoms with Crippen molar-refractivity contribution in [1.29, 1.82) is 0 Å². The number of benzene rings is 2. The summed E-state index contributed by atoms with van der Waals surface area (Å²) < 4.78 is 20.7. The number of rotatable bonds is 10. The number of hydrogen-bond donors (Lipinski definition) is 0. The molecule has 2 aromatic rings. The van der Waals surface area contributed by atoms with Crippen LogP contribution in [0.15, 0.2) is 78.7 Å². The fourth-order valence-electron chi connectivity index (χ4n) is 3.20. The second-order valence-electron chi connectivity index (χ2n) is 8.08. The summed E-state index contributed by atoms with van der Waals surface area (Å²) in [5.74, 6) is 1.09. The van der Waals surface area contributed by atoms with Crippen molar-refractivity contribution in [1.82, 2.24) is 0 Å². The molecule has 2 heteroatoms. The zero-order valence-electron chi connectivity index (χ0n) is 19.0. The highest BCUT2D eigenvalue weighted by Gasteiger charge is 2.15. The molecule has 0 fully saturated rings. The summed E-state index contributed by atoms with van der Waals surface area (Å²) >= 11 is 0. The molecule has 0 saturated heterocycles. The smallest absolute Gasteiger partial charge is 0.120 e. The van der Waals surface area contributed by atoms with Crippen molar-refractivity contribution in [2.24, 2.45) is 11.8 Å². The normalized spacial score (nSPS) is 14.3. The molecule has 1 nitrogen and oxygen atoms in total. The zero-order chi connectivity index (χ0) is 22.1. The SMILES string of the molecule is C=C(/C(=C\C(F)=C/C(C)CC)c1ccc(OCc2ccccc2)cc1C)C(C)CC. The van der Waals surface area contributed by atoms with Gasteiger partial charge in [0.1, 0.15) is 18.2 Å². The van der Waals surface area contributed by atoms with E-state index in [0.717, 1.165) is 46.4 Å². The van der Waals surface area contributed by atoms with Crippen LogP contribution < -0.4 is 4.74 Å². The molecule has 0 aliphatic heterocycles. The van der Waals surface area contributed by atoms with Gasteiger partial charge in [-0.25, -0.2) is 4.39 Å². The van der Waals surface area contributed by atoms with Crippen molar-refractivity contribution < 1.29 is 9.13 Å². The molecule has 2 atom stereocenters. The molecular formula is C28H35FO. The quantitative estimate of drug-likeness (QED) is 0.360. The lowest BCUT2D eigenvalue weighted by atomic mass is 9.86. The highest BCUT2D eigenvalue weighted by molar-refractivity contribution is 5.82. The highest BCUT2D eigenvalue weighted by Crippen LogP contribution is 2.34. The predicted molar refractivity (Wildman–Crippen MR) is 127 cm³/mol. The van der Waals surface area contributed by atoms with Gasteiger partial charge < -0.3 is 4.74 Å². The minimum absolute atomic E-state index is 0.201. The van der Waals surface area contributed by atoms with Gasteiger partial charge >= 0.3 is 0 Å². The third kappa shape index (κ3) is 6.73. The molecule has 160 valence electrons. The average Bonchev–Trinajstić information content (AvgIpc) is 2.76. The molecule has 0 spiro atoms. The second kappa shape index (κ2) is 11.5. The maximum Gasteiger partial charge on any atom is 0.120 e. The van der Waals surface area contributed by atoms with Gasteiger partial charge in [-0.2, -0.15) is 0 Å². The summed E-state index contributed by atoms with van der Waals surface area (Å²) in [6.45, 7) is 15.2. The lowest BCUT2D eigenvalue weighted by molar-refractivity contribution is 0.306. The Balaban J connectivity index is 2.33. The van der Waals surface area contributed by atoms with Gasteiger partial charge in [-0.05, 0) is 83.7 Å². The number of halogens is 1. The predicted octanol–water partition coefficient (Wildman–Crippen LogP) is 8.46. The molecule has 0 saturated carbocycles. The van der Waals surface area contributed by atoms with E-state index >= 15 is 0 Å². The third-order valence-corrected chi connectivity index (χ3v) is 5.66. The Hall–Kier alpha value is -2.61. The third-order valence-electron chi connectivity index (χ3n) is 5.66. The van der Waals surface area contributed by atoms with E-state index in [1.807, 2.05) is 62.4 Å². The molecule has 0 amide bonds. The van der Waals surface area contributed by atoms with E-state index in [1.54, 1.807) is 12.2 Å². The van der Waals surface area contributed by atoms with Crippen molar-refractivity contribution in [3.05, 3.63) is 95.4 Å². The first-order chi connectivity index (χ1) is 14.3. The Bertz CT molecular complexity index is 892. The maximum absolute atomic E-state index is 14.7. The lowest BCUT2D eigenvalue weighted by Crippen LogP contribution is -2.02. The number of ether oxygens (including phenoxy) is 1. The van der Waals surface area contributed by atoms with E-state index in [1.165, 1.54) is 0 Å². The van der Waals surface area contributed by atoms with Crippen molar-refractivity contribution in [2.45, 2.75) is 54.1 Å². The van der Waals surface area contributed by atoms with Gasteiger partial charge in [0.05, 0.1) is 0 Å².